The molecule has 0 radical (unpaired) electrons. The van der Waals surface area contributed by atoms with Crippen LogP contribution in [0.15, 0.2) is 52.9 Å². The van der Waals surface area contributed by atoms with Crippen LogP contribution in [0.2, 0.25) is 0 Å². The highest BCUT2D eigenvalue weighted by atomic mass is 16.6. The molecule has 0 aliphatic carbocycles. The molecule has 4 aromatic rings. The summed E-state index contributed by atoms with van der Waals surface area (Å²) in [5, 5.41) is 16.0. The summed E-state index contributed by atoms with van der Waals surface area (Å²) in [6.45, 7) is 5.88. The average Bonchev–Trinajstić information content (AvgIpc) is 3.39. The highest BCUT2D eigenvalue weighted by Crippen LogP contribution is 2.39. The van der Waals surface area contributed by atoms with Gasteiger partial charge in [0, 0.05) is 23.7 Å². The largest absolute Gasteiger partial charge is 0.486 e. The SMILES string of the molecule is Cc1c(-c2ccc3c(c2)OCCO3)cccc1-c1nc2cc(CN3CCCCC3)c(OCC#N)cc2o1.O=CO. The van der Waals surface area contributed by atoms with Crippen LogP contribution in [0.25, 0.3) is 33.7 Å². The molecule has 9 heteroatoms. The quantitative estimate of drug-likeness (QED) is 0.301. The summed E-state index contributed by atoms with van der Waals surface area (Å²) >= 11 is 0. The van der Waals surface area contributed by atoms with Gasteiger partial charge in [0.05, 0.1) is 0 Å². The zero-order valence-corrected chi connectivity index (χ0v) is 22.4. The molecule has 1 N–H and O–H groups in total. The van der Waals surface area contributed by atoms with Crippen molar-refractivity contribution in [3.05, 3.63) is 59.7 Å². The third-order valence-electron chi connectivity index (χ3n) is 7.12. The third-order valence-corrected chi connectivity index (χ3v) is 7.12. The highest BCUT2D eigenvalue weighted by Gasteiger charge is 2.20. The van der Waals surface area contributed by atoms with Crippen molar-refractivity contribution in [2.45, 2.75) is 32.7 Å². The minimum Gasteiger partial charge on any atom is -0.486 e. The van der Waals surface area contributed by atoms with Crippen LogP contribution in [-0.4, -0.2) is 54.4 Å². The van der Waals surface area contributed by atoms with Gasteiger partial charge in [-0.05, 0) is 73.8 Å². The van der Waals surface area contributed by atoms with Crippen molar-refractivity contribution < 1.29 is 28.5 Å². The van der Waals surface area contributed by atoms with E-state index >= 15 is 0 Å². The second kappa shape index (κ2) is 12.5. The van der Waals surface area contributed by atoms with E-state index in [-0.39, 0.29) is 13.1 Å². The number of oxazole rings is 1. The monoisotopic (exact) mass is 541 g/mol. The predicted octanol–water partition coefficient (Wildman–Crippen LogP) is 5.83. The van der Waals surface area contributed by atoms with E-state index in [0.29, 0.717) is 30.4 Å². The van der Waals surface area contributed by atoms with Gasteiger partial charge in [0.1, 0.15) is 30.5 Å². The van der Waals surface area contributed by atoms with Gasteiger partial charge in [-0.25, -0.2) is 4.98 Å². The number of benzene rings is 3. The lowest BCUT2D eigenvalue weighted by Crippen LogP contribution is -2.29. The van der Waals surface area contributed by atoms with E-state index < -0.39 is 0 Å². The Bertz CT molecular complexity index is 1530. The Morgan fingerprint density at radius 3 is 2.58 bits per heavy atom. The second-order valence-corrected chi connectivity index (χ2v) is 9.67. The van der Waals surface area contributed by atoms with E-state index in [1.165, 1.54) is 19.3 Å². The molecule has 1 fully saturated rings. The Hall–Kier alpha value is -4.55. The van der Waals surface area contributed by atoms with Gasteiger partial charge in [0.15, 0.2) is 23.7 Å². The number of carbonyl (C=O) groups is 1. The normalized spacial score (nSPS) is 14.6. The van der Waals surface area contributed by atoms with Crippen LogP contribution in [0.4, 0.5) is 0 Å². The number of ether oxygens (including phenoxy) is 3. The molecule has 2 aliphatic heterocycles. The fourth-order valence-electron chi connectivity index (χ4n) is 5.23. The molecule has 0 bridgehead atoms. The molecule has 2 aliphatic rings. The first kappa shape index (κ1) is 27.0. The molecule has 0 atom stereocenters. The van der Waals surface area contributed by atoms with Crippen molar-refractivity contribution in [1.82, 2.24) is 9.88 Å². The van der Waals surface area contributed by atoms with Crippen LogP contribution >= 0.6 is 0 Å². The molecule has 40 heavy (non-hydrogen) atoms. The first-order valence-electron chi connectivity index (χ1n) is 13.3. The number of hydrogen-bond donors (Lipinski definition) is 1. The molecule has 3 aromatic carbocycles. The van der Waals surface area contributed by atoms with Crippen LogP contribution < -0.4 is 14.2 Å². The summed E-state index contributed by atoms with van der Waals surface area (Å²) in [5.74, 6) is 2.79. The van der Waals surface area contributed by atoms with Crippen molar-refractivity contribution in [3.63, 3.8) is 0 Å². The van der Waals surface area contributed by atoms with E-state index in [4.69, 9.17) is 38.8 Å². The number of nitriles is 1. The van der Waals surface area contributed by atoms with Crippen LogP contribution in [0, 0.1) is 18.3 Å². The second-order valence-electron chi connectivity index (χ2n) is 9.67. The van der Waals surface area contributed by atoms with Crippen LogP contribution in [0.1, 0.15) is 30.4 Å². The minimum absolute atomic E-state index is 0.00378. The van der Waals surface area contributed by atoms with Crippen LogP contribution in [0.3, 0.4) is 0 Å². The van der Waals surface area contributed by atoms with Gasteiger partial charge in [-0.2, -0.15) is 5.26 Å². The van der Waals surface area contributed by atoms with E-state index in [9.17, 15) is 0 Å². The lowest BCUT2D eigenvalue weighted by molar-refractivity contribution is -0.122. The zero-order valence-electron chi connectivity index (χ0n) is 22.4. The predicted molar refractivity (Wildman–Crippen MR) is 150 cm³/mol. The summed E-state index contributed by atoms with van der Waals surface area (Å²) in [4.78, 5) is 15.7. The summed E-state index contributed by atoms with van der Waals surface area (Å²) in [7, 11) is 0. The van der Waals surface area contributed by atoms with Crippen LogP contribution in [-0.2, 0) is 11.3 Å². The van der Waals surface area contributed by atoms with E-state index in [1.54, 1.807) is 0 Å². The maximum Gasteiger partial charge on any atom is 0.290 e. The number of nitrogens with zero attached hydrogens (tertiary/aromatic N) is 3. The van der Waals surface area contributed by atoms with E-state index in [1.807, 2.05) is 36.4 Å². The Kier molecular flexibility index (Phi) is 8.47. The summed E-state index contributed by atoms with van der Waals surface area (Å²) < 4.78 is 23.5. The highest BCUT2D eigenvalue weighted by molar-refractivity contribution is 5.82. The fourth-order valence-corrected chi connectivity index (χ4v) is 5.23. The van der Waals surface area contributed by atoms with Gasteiger partial charge in [0.25, 0.3) is 6.47 Å². The van der Waals surface area contributed by atoms with Gasteiger partial charge in [0.2, 0.25) is 5.89 Å². The number of fused-ring (bicyclic) bond motifs is 2. The molecule has 0 unspecified atom stereocenters. The smallest absolute Gasteiger partial charge is 0.290 e. The van der Waals surface area contributed by atoms with Crippen molar-refractivity contribution in [2.75, 3.05) is 32.9 Å². The molecule has 6 rings (SSSR count). The lowest BCUT2D eigenvalue weighted by atomic mass is 9.96. The molecule has 1 aromatic heterocycles. The lowest BCUT2D eigenvalue weighted by Gasteiger charge is -2.27. The Morgan fingerprint density at radius 1 is 1.05 bits per heavy atom. The molecule has 9 nitrogen and oxygen atoms in total. The fraction of sp³-hybridized carbons (Fsp3) is 0.323. The Morgan fingerprint density at radius 2 is 1.80 bits per heavy atom. The van der Waals surface area contributed by atoms with Gasteiger partial charge < -0.3 is 23.7 Å². The molecule has 1 saturated heterocycles. The molecule has 3 heterocycles. The maximum atomic E-state index is 9.09. The maximum absolute atomic E-state index is 9.09. The molecular formula is C31H31N3O6. The number of piperidine rings is 1. The zero-order chi connectivity index (χ0) is 27.9. The van der Waals surface area contributed by atoms with Gasteiger partial charge >= 0.3 is 0 Å². The van der Waals surface area contributed by atoms with Gasteiger partial charge in [-0.3, -0.25) is 9.69 Å². The topological polar surface area (TPSA) is 118 Å². The standard InChI is InChI=1S/C30H29N3O4.CH2O2/c1-20-23(21-8-9-26-29(17-21)36-15-14-35-26)6-5-7-24(20)30-32-25-16-22(19-33-11-3-2-4-12-33)27(34-13-10-31)18-28(25)37-30;2-1-3/h5-9,16-18H,2-4,11-15,19H2,1H3;1H,(H,2,3). The molecule has 206 valence electrons. The summed E-state index contributed by atoms with van der Waals surface area (Å²) in [5.41, 5.74) is 6.60. The number of hydrogen-bond acceptors (Lipinski definition) is 8. The number of rotatable bonds is 6. The molecule has 0 saturated carbocycles. The minimum atomic E-state index is -0.250. The van der Waals surface area contributed by atoms with E-state index in [0.717, 1.165) is 64.5 Å². The molecule has 0 spiro atoms. The van der Waals surface area contributed by atoms with Crippen molar-refractivity contribution in [3.8, 4) is 45.9 Å². The van der Waals surface area contributed by atoms with Gasteiger partial charge in [-0.15, -0.1) is 0 Å². The molecular weight excluding hydrogens is 510 g/mol. The van der Waals surface area contributed by atoms with Crippen LogP contribution in [0.5, 0.6) is 17.2 Å². The Balaban J connectivity index is 0.00000103. The summed E-state index contributed by atoms with van der Waals surface area (Å²) in [6.07, 6.45) is 3.71. The van der Waals surface area contributed by atoms with E-state index in [2.05, 4.69) is 30.0 Å². The third kappa shape index (κ3) is 5.87. The van der Waals surface area contributed by atoms with Gasteiger partial charge in [-0.1, -0.05) is 24.6 Å². The molecule has 0 amide bonds. The number of likely N-dealkylation sites (tertiary alicyclic amines) is 1. The van der Waals surface area contributed by atoms with Crippen molar-refractivity contribution >= 4 is 17.6 Å². The first-order chi connectivity index (χ1) is 19.6. The average molecular weight is 542 g/mol. The number of aromatic nitrogens is 1. The first-order valence-corrected chi connectivity index (χ1v) is 13.3. The summed E-state index contributed by atoms with van der Waals surface area (Å²) in [6, 6.07) is 18.2. The number of carboxylic acid groups (broad SMARTS) is 1. The van der Waals surface area contributed by atoms with Crippen molar-refractivity contribution in [1.29, 1.82) is 5.26 Å². The van der Waals surface area contributed by atoms with Crippen molar-refractivity contribution in [2.24, 2.45) is 0 Å². The Labute approximate surface area is 232 Å².